The van der Waals surface area contributed by atoms with Crippen molar-refractivity contribution >= 4 is 22.0 Å². The fourth-order valence-electron chi connectivity index (χ4n) is 4.02. The molecule has 0 aliphatic rings. The van der Waals surface area contributed by atoms with Gasteiger partial charge in [0.25, 0.3) is 0 Å². The summed E-state index contributed by atoms with van der Waals surface area (Å²) in [4.78, 5) is 8.18. The highest BCUT2D eigenvalue weighted by atomic mass is 16.3. The average Bonchev–Trinajstić information content (AvgIpc) is 3.45. The molecule has 33 heavy (non-hydrogen) atoms. The summed E-state index contributed by atoms with van der Waals surface area (Å²) in [5.74, 6) is 8.34. The first-order valence-electron chi connectivity index (χ1n) is 10.9. The second-order valence-electron chi connectivity index (χ2n) is 8.10. The molecule has 0 amide bonds. The van der Waals surface area contributed by atoms with Crippen molar-refractivity contribution < 1.29 is 4.42 Å². The largest absolute Gasteiger partial charge is 0.455 e. The molecule has 2 heterocycles. The maximum atomic E-state index is 6.31. The number of hydrogen-bond acceptors (Lipinski definition) is 2. The van der Waals surface area contributed by atoms with Gasteiger partial charge in [0.2, 0.25) is 0 Å². The summed E-state index contributed by atoms with van der Waals surface area (Å²) in [7, 11) is 0. The van der Waals surface area contributed by atoms with Crippen molar-refractivity contribution in [1.82, 2.24) is 9.97 Å². The highest BCUT2D eigenvalue weighted by Gasteiger charge is 2.16. The molecule has 0 aliphatic carbocycles. The van der Waals surface area contributed by atoms with Gasteiger partial charge in [-0.3, -0.25) is 0 Å². The first kappa shape index (κ1) is 19.2. The zero-order valence-electron chi connectivity index (χ0n) is 18.1. The Balaban J connectivity index is 1.54. The Morgan fingerprint density at radius 3 is 2.36 bits per heavy atom. The fraction of sp³-hybridized carbons (Fsp3) is 0.0333. The van der Waals surface area contributed by atoms with Crippen molar-refractivity contribution in [3.05, 3.63) is 114 Å². The van der Waals surface area contributed by atoms with Crippen LogP contribution in [0.4, 0.5) is 0 Å². The molecule has 0 unspecified atom stereocenters. The summed E-state index contributed by atoms with van der Waals surface area (Å²) in [5, 5.41) is 0.978. The van der Waals surface area contributed by atoms with Gasteiger partial charge in [-0.1, -0.05) is 72.0 Å². The van der Waals surface area contributed by atoms with E-state index in [2.05, 4.69) is 54.1 Å². The van der Waals surface area contributed by atoms with Gasteiger partial charge >= 0.3 is 0 Å². The Labute approximate surface area is 191 Å². The van der Waals surface area contributed by atoms with E-state index < -0.39 is 0 Å². The third-order valence-corrected chi connectivity index (χ3v) is 5.77. The van der Waals surface area contributed by atoms with E-state index in [0.717, 1.165) is 55.8 Å². The number of nitrogens with one attached hydrogen (secondary N) is 1. The number of rotatable bonds is 2. The third kappa shape index (κ3) is 3.58. The van der Waals surface area contributed by atoms with Crippen LogP contribution in [0.5, 0.6) is 0 Å². The quantitative estimate of drug-likeness (QED) is 0.295. The fourth-order valence-corrected chi connectivity index (χ4v) is 4.02. The van der Waals surface area contributed by atoms with Crippen LogP contribution in [-0.4, -0.2) is 9.97 Å². The number of nitrogens with zero attached hydrogens (tertiary/aromatic N) is 1. The van der Waals surface area contributed by atoms with E-state index in [-0.39, 0.29) is 0 Å². The van der Waals surface area contributed by atoms with Gasteiger partial charge in [-0.25, -0.2) is 4.98 Å². The van der Waals surface area contributed by atoms with Gasteiger partial charge in [-0.2, -0.15) is 0 Å². The highest BCUT2D eigenvalue weighted by molar-refractivity contribution is 5.94. The van der Waals surface area contributed by atoms with E-state index in [1.54, 1.807) is 0 Å². The molecular weight excluding hydrogens is 404 g/mol. The van der Waals surface area contributed by atoms with Crippen LogP contribution in [0.25, 0.3) is 44.7 Å². The summed E-state index contributed by atoms with van der Waals surface area (Å²) in [6.45, 7) is 2.08. The van der Waals surface area contributed by atoms with Crippen LogP contribution in [0.3, 0.4) is 0 Å². The first-order valence-corrected chi connectivity index (χ1v) is 10.9. The van der Waals surface area contributed by atoms with Crippen molar-refractivity contribution in [1.29, 1.82) is 0 Å². The number of imidazole rings is 1. The smallest absolute Gasteiger partial charge is 0.151 e. The van der Waals surface area contributed by atoms with Gasteiger partial charge in [0.05, 0.1) is 16.6 Å². The van der Waals surface area contributed by atoms with Crippen LogP contribution in [-0.2, 0) is 0 Å². The van der Waals surface area contributed by atoms with Gasteiger partial charge in [0, 0.05) is 22.1 Å². The Bertz CT molecular complexity index is 1630. The van der Waals surface area contributed by atoms with Gasteiger partial charge < -0.3 is 9.40 Å². The molecule has 0 bridgehead atoms. The predicted molar refractivity (Wildman–Crippen MR) is 134 cm³/mol. The molecule has 0 saturated carbocycles. The molecule has 3 nitrogen and oxygen atoms in total. The van der Waals surface area contributed by atoms with Crippen LogP contribution in [0.15, 0.2) is 101 Å². The summed E-state index contributed by atoms with van der Waals surface area (Å²) >= 11 is 0. The molecule has 0 radical (unpaired) electrons. The molecule has 156 valence electrons. The minimum atomic E-state index is 0.784. The summed E-state index contributed by atoms with van der Waals surface area (Å²) in [5.41, 5.74) is 7.85. The maximum absolute atomic E-state index is 6.31. The van der Waals surface area contributed by atoms with Crippen LogP contribution in [0.2, 0.25) is 0 Å². The lowest BCUT2D eigenvalue weighted by Crippen LogP contribution is -1.83. The van der Waals surface area contributed by atoms with E-state index in [1.807, 2.05) is 66.7 Å². The standard InChI is InChI=1S/C30H20N2O/c1-20-11-13-21(14-12-20)15-17-24-25-19-23(30-31-26-9-5-6-10-27(26)32-30)16-18-28(25)33-29(24)22-7-3-2-4-8-22/h2-14,16,18-19H,1H3,(H,31,32). The van der Waals surface area contributed by atoms with Gasteiger partial charge in [-0.15, -0.1) is 0 Å². The lowest BCUT2D eigenvalue weighted by Gasteiger charge is -1.98. The second kappa shape index (κ2) is 7.85. The molecule has 6 aromatic rings. The van der Waals surface area contributed by atoms with Crippen molar-refractivity contribution in [2.24, 2.45) is 0 Å². The Hall–Kier alpha value is -4.55. The van der Waals surface area contributed by atoms with Crippen molar-refractivity contribution in [3.63, 3.8) is 0 Å². The number of aryl methyl sites for hydroxylation is 1. The first-order chi connectivity index (χ1) is 16.2. The number of H-pyrrole nitrogens is 1. The Morgan fingerprint density at radius 2 is 1.55 bits per heavy atom. The molecule has 0 fully saturated rings. The number of aromatic amines is 1. The van der Waals surface area contributed by atoms with E-state index in [4.69, 9.17) is 9.40 Å². The molecule has 0 spiro atoms. The Morgan fingerprint density at radius 1 is 0.758 bits per heavy atom. The molecule has 1 N–H and O–H groups in total. The van der Waals surface area contributed by atoms with E-state index >= 15 is 0 Å². The Kier molecular flexibility index (Phi) is 4.56. The lowest BCUT2D eigenvalue weighted by molar-refractivity contribution is 0.630. The monoisotopic (exact) mass is 424 g/mol. The van der Waals surface area contributed by atoms with Crippen LogP contribution < -0.4 is 0 Å². The zero-order valence-corrected chi connectivity index (χ0v) is 18.1. The number of hydrogen-bond donors (Lipinski definition) is 1. The predicted octanol–water partition coefficient (Wildman–Crippen LogP) is 7.35. The van der Waals surface area contributed by atoms with Gasteiger partial charge in [0.1, 0.15) is 11.4 Å². The average molecular weight is 425 g/mol. The minimum absolute atomic E-state index is 0.784. The number of benzene rings is 4. The second-order valence-corrected chi connectivity index (χ2v) is 8.10. The topological polar surface area (TPSA) is 41.8 Å². The lowest BCUT2D eigenvalue weighted by atomic mass is 10.0. The molecule has 3 heteroatoms. The molecule has 0 atom stereocenters. The van der Waals surface area contributed by atoms with Crippen molar-refractivity contribution in [2.45, 2.75) is 6.92 Å². The number of para-hydroxylation sites is 2. The van der Waals surface area contributed by atoms with E-state index in [0.29, 0.717) is 0 Å². The molecule has 4 aromatic carbocycles. The van der Waals surface area contributed by atoms with Gasteiger partial charge in [-0.05, 0) is 49.4 Å². The SMILES string of the molecule is Cc1ccc(C#Cc2c(-c3ccccc3)oc3ccc(-c4nc5ccccc5[nH]4)cc23)cc1. The van der Waals surface area contributed by atoms with Crippen LogP contribution in [0, 0.1) is 18.8 Å². The van der Waals surface area contributed by atoms with Crippen molar-refractivity contribution in [2.75, 3.05) is 0 Å². The zero-order chi connectivity index (χ0) is 22.2. The minimum Gasteiger partial charge on any atom is -0.455 e. The normalized spacial score (nSPS) is 10.9. The molecular formula is C30H20N2O. The molecule has 2 aromatic heterocycles. The third-order valence-electron chi connectivity index (χ3n) is 5.77. The number of fused-ring (bicyclic) bond motifs is 2. The summed E-state index contributed by atoms with van der Waals surface area (Å²) in [6, 6.07) is 32.6. The number of aromatic nitrogens is 2. The summed E-state index contributed by atoms with van der Waals surface area (Å²) < 4.78 is 6.31. The maximum Gasteiger partial charge on any atom is 0.151 e. The number of furan rings is 1. The summed E-state index contributed by atoms with van der Waals surface area (Å²) in [6.07, 6.45) is 0. The van der Waals surface area contributed by atoms with E-state index in [9.17, 15) is 0 Å². The molecule has 6 rings (SSSR count). The van der Waals surface area contributed by atoms with Crippen LogP contribution >= 0.6 is 0 Å². The van der Waals surface area contributed by atoms with Crippen LogP contribution in [0.1, 0.15) is 16.7 Å². The molecule has 0 saturated heterocycles. The highest BCUT2D eigenvalue weighted by Crippen LogP contribution is 2.35. The van der Waals surface area contributed by atoms with E-state index in [1.165, 1.54) is 5.56 Å². The van der Waals surface area contributed by atoms with Gasteiger partial charge in [0.15, 0.2) is 5.76 Å². The molecule has 0 aliphatic heterocycles. The van der Waals surface area contributed by atoms with Crippen molar-refractivity contribution in [3.8, 4) is 34.6 Å².